The number of pyridine rings is 1. The van der Waals surface area contributed by atoms with Crippen molar-refractivity contribution >= 4 is 22.6 Å². The molecule has 1 saturated heterocycles. The van der Waals surface area contributed by atoms with E-state index in [1.807, 2.05) is 43.3 Å². The van der Waals surface area contributed by atoms with Crippen LogP contribution in [0.15, 0.2) is 47.4 Å². The summed E-state index contributed by atoms with van der Waals surface area (Å²) in [5.41, 5.74) is 2.22. The van der Waals surface area contributed by atoms with Gasteiger partial charge in [-0.05, 0) is 56.8 Å². The topological polar surface area (TPSA) is 83.4 Å². The Balaban J connectivity index is 1.54. The summed E-state index contributed by atoms with van der Waals surface area (Å²) in [4.78, 5) is 33.3. The molecule has 1 aliphatic rings. The lowest BCUT2D eigenvalue weighted by atomic mass is 10.0. The van der Waals surface area contributed by atoms with Crippen LogP contribution >= 0.6 is 0 Å². The number of aromatic nitrogens is 3. The summed E-state index contributed by atoms with van der Waals surface area (Å²) in [6.45, 7) is 2.27. The summed E-state index contributed by atoms with van der Waals surface area (Å²) in [6.07, 6.45) is 3.83. The smallest absolute Gasteiger partial charge is 0.276 e. The minimum Gasteiger partial charge on any atom is -0.365 e. The quantitative estimate of drug-likeness (QED) is 0.659. The molecule has 3 aromatic rings. The number of carbonyl (C=O) groups excluding carboxylic acids is 1. The molecule has 1 N–H and O–H groups in total. The number of likely N-dealkylation sites (tertiary alicyclic amines) is 1. The molecule has 2 aromatic heterocycles. The number of anilines is 1. The Kier molecular flexibility index (Phi) is 5.99. The lowest BCUT2D eigenvalue weighted by molar-refractivity contribution is 0.0793. The zero-order valence-electron chi connectivity index (χ0n) is 18.2. The molecule has 1 aliphatic heterocycles. The van der Waals surface area contributed by atoms with Crippen LogP contribution in [-0.2, 0) is 7.05 Å². The Morgan fingerprint density at radius 1 is 1.16 bits per heavy atom. The van der Waals surface area contributed by atoms with Crippen LogP contribution in [0.25, 0.3) is 10.9 Å². The Hall–Kier alpha value is -3.26. The summed E-state index contributed by atoms with van der Waals surface area (Å²) in [6, 6.07) is 11.4. The maximum atomic E-state index is 12.6. The molecular weight excluding hydrogens is 392 g/mol. The van der Waals surface area contributed by atoms with E-state index < -0.39 is 0 Å². The second kappa shape index (κ2) is 8.85. The van der Waals surface area contributed by atoms with E-state index in [0.717, 1.165) is 37.1 Å². The van der Waals surface area contributed by atoms with Gasteiger partial charge in [0.2, 0.25) is 0 Å². The lowest BCUT2D eigenvalue weighted by Crippen LogP contribution is -2.29. The van der Waals surface area contributed by atoms with Crippen molar-refractivity contribution in [1.82, 2.24) is 24.6 Å². The minimum atomic E-state index is -0.170. The molecule has 0 radical (unpaired) electrons. The summed E-state index contributed by atoms with van der Waals surface area (Å²) in [5.74, 6) is 0.681. The third-order valence-electron chi connectivity index (χ3n) is 5.83. The highest BCUT2D eigenvalue weighted by Crippen LogP contribution is 2.22. The van der Waals surface area contributed by atoms with E-state index in [2.05, 4.69) is 20.3 Å². The Labute approximate surface area is 181 Å². The molecule has 1 aromatic carbocycles. The zero-order valence-corrected chi connectivity index (χ0v) is 18.2. The molecule has 4 rings (SSSR count). The van der Waals surface area contributed by atoms with Crippen LogP contribution in [0.4, 0.5) is 5.82 Å². The molecule has 8 heteroatoms. The van der Waals surface area contributed by atoms with E-state index in [9.17, 15) is 9.59 Å². The van der Waals surface area contributed by atoms with Crippen molar-refractivity contribution in [2.75, 3.05) is 39.0 Å². The SMILES string of the molecule is CN(C)C(CNc1nn(C)c(=O)c2cccnc12)c1ccc(C(=O)N2CCCC2)cc1. The number of nitrogens with zero attached hydrogens (tertiary/aromatic N) is 5. The van der Waals surface area contributed by atoms with E-state index in [0.29, 0.717) is 23.3 Å². The number of hydrogen-bond donors (Lipinski definition) is 1. The number of carbonyl (C=O) groups is 1. The van der Waals surface area contributed by atoms with Gasteiger partial charge in [-0.1, -0.05) is 12.1 Å². The highest BCUT2D eigenvalue weighted by molar-refractivity contribution is 5.94. The van der Waals surface area contributed by atoms with Crippen molar-refractivity contribution in [2.24, 2.45) is 7.05 Å². The molecule has 1 fully saturated rings. The highest BCUT2D eigenvalue weighted by Gasteiger charge is 2.21. The molecule has 1 atom stereocenters. The summed E-state index contributed by atoms with van der Waals surface area (Å²) in [5, 5.41) is 8.27. The van der Waals surface area contributed by atoms with Crippen molar-refractivity contribution in [3.05, 3.63) is 64.1 Å². The average molecular weight is 421 g/mol. The van der Waals surface area contributed by atoms with E-state index in [-0.39, 0.29) is 17.5 Å². The fraction of sp³-hybridized carbons (Fsp3) is 0.391. The van der Waals surface area contributed by atoms with Crippen LogP contribution in [0.2, 0.25) is 0 Å². The first-order valence-electron chi connectivity index (χ1n) is 10.6. The molecule has 3 heterocycles. The van der Waals surface area contributed by atoms with Crippen LogP contribution in [0.1, 0.15) is 34.8 Å². The van der Waals surface area contributed by atoms with Crippen molar-refractivity contribution in [3.63, 3.8) is 0 Å². The number of hydrogen-bond acceptors (Lipinski definition) is 6. The molecule has 0 aliphatic carbocycles. The van der Waals surface area contributed by atoms with Gasteiger partial charge in [-0.25, -0.2) is 4.68 Å². The van der Waals surface area contributed by atoms with Crippen LogP contribution in [0.5, 0.6) is 0 Å². The average Bonchev–Trinajstić information content (AvgIpc) is 3.32. The molecule has 1 unspecified atom stereocenters. The van der Waals surface area contributed by atoms with Gasteiger partial charge in [0.15, 0.2) is 5.82 Å². The van der Waals surface area contributed by atoms with Crippen LogP contribution in [0, 0.1) is 0 Å². The standard InChI is InChI=1S/C23H28N6O2/c1-27(2)19(16-8-10-17(11-9-16)22(30)29-13-4-5-14-29)15-25-21-20-18(7-6-12-24-20)23(31)28(3)26-21/h6-12,19H,4-5,13-15H2,1-3H3,(H,25,26). The van der Waals surface area contributed by atoms with Crippen molar-refractivity contribution < 1.29 is 4.79 Å². The first kappa shape index (κ1) is 21.0. The maximum Gasteiger partial charge on any atom is 0.276 e. The minimum absolute atomic E-state index is 0.0498. The largest absolute Gasteiger partial charge is 0.365 e. The number of benzene rings is 1. The fourth-order valence-corrected chi connectivity index (χ4v) is 4.05. The predicted octanol–water partition coefficient (Wildman–Crippen LogP) is 2.28. The lowest BCUT2D eigenvalue weighted by Gasteiger charge is -2.26. The van der Waals surface area contributed by atoms with Gasteiger partial charge in [-0.3, -0.25) is 14.6 Å². The van der Waals surface area contributed by atoms with Crippen molar-refractivity contribution in [1.29, 1.82) is 0 Å². The summed E-state index contributed by atoms with van der Waals surface area (Å²) < 4.78 is 1.33. The summed E-state index contributed by atoms with van der Waals surface area (Å²) in [7, 11) is 5.67. The van der Waals surface area contributed by atoms with Gasteiger partial charge < -0.3 is 15.1 Å². The number of fused-ring (bicyclic) bond motifs is 1. The first-order valence-corrected chi connectivity index (χ1v) is 10.6. The number of amides is 1. The van der Waals surface area contributed by atoms with Gasteiger partial charge in [0, 0.05) is 38.4 Å². The second-order valence-corrected chi connectivity index (χ2v) is 8.16. The Morgan fingerprint density at radius 3 is 2.55 bits per heavy atom. The Bertz CT molecular complexity index is 1130. The first-order chi connectivity index (χ1) is 15.0. The van der Waals surface area contributed by atoms with Crippen molar-refractivity contribution in [2.45, 2.75) is 18.9 Å². The van der Waals surface area contributed by atoms with E-state index >= 15 is 0 Å². The van der Waals surface area contributed by atoms with Crippen LogP contribution in [-0.4, -0.2) is 64.2 Å². The van der Waals surface area contributed by atoms with Gasteiger partial charge in [0.05, 0.1) is 11.4 Å². The number of likely N-dealkylation sites (N-methyl/N-ethyl adjacent to an activating group) is 1. The van der Waals surface area contributed by atoms with Crippen LogP contribution in [0.3, 0.4) is 0 Å². The summed E-state index contributed by atoms with van der Waals surface area (Å²) >= 11 is 0. The number of aryl methyl sites for hydroxylation is 1. The predicted molar refractivity (Wildman–Crippen MR) is 121 cm³/mol. The third kappa shape index (κ3) is 4.29. The Morgan fingerprint density at radius 2 is 1.87 bits per heavy atom. The van der Waals surface area contributed by atoms with Gasteiger partial charge >= 0.3 is 0 Å². The molecule has 0 bridgehead atoms. The molecule has 1 amide bonds. The van der Waals surface area contributed by atoms with Gasteiger partial charge in [0.25, 0.3) is 11.5 Å². The third-order valence-corrected chi connectivity index (χ3v) is 5.83. The molecule has 0 spiro atoms. The van der Waals surface area contributed by atoms with E-state index in [1.54, 1.807) is 25.4 Å². The molecule has 0 saturated carbocycles. The monoisotopic (exact) mass is 420 g/mol. The number of rotatable bonds is 6. The van der Waals surface area contributed by atoms with E-state index in [4.69, 9.17) is 0 Å². The molecular formula is C23H28N6O2. The van der Waals surface area contributed by atoms with Gasteiger partial charge in [0.1, 0.15) is 5.52 Å². The van der Waals surface area contributed by atoms with E-state index in [1.165, 1.54) is 4.68 Å². The van der Waals surface area contributed by atoms with Gasteiger partial charge in [-0.15, -0.1) is 0 Å². The van der Waals surface area contributed by atoms with Crippen molar-refractivity contribution in [3.8, 4) is 0 Å². The molecule has 31 heavy (non-hydrogen) atoms. The highest BCUT2D eigenvalue weighted by atomic mass is 16.2. The maximum absolute atomic E-state index is 12.6. The fourth-order valence-electron chi connectivity index (χ4n) is 4.05. The number of nitrogens with one attached hydrogen (secondary N) is 1. The normalized spacial score (nSPS) is 14.9. The van der Waals surface area contributed by atoms with Crippen LogP contribution < -0.4 is 10.9 Å². The zero-order chi connectivity index (χ0) is 22.0. The van der Waals surface area contributed by atoms with Gasteiger partial charge in [-0.2, -0.15) is 5.10 Å². The molecule has 162 valence electrons. The second-order valence-electron chi connectivity index (χ2n) is 8.16. The molecule has 8 nitrogen and oxygen atoms in total.